The van der Waals surface area contributed by atoms with Crippen LogP contribution in [0.15, 0.2) is 12.3 Å². The van der Waals surface area contributed by atoms with Gasteiger partial charge in [-0.3, -0.25) is 4.68 Å². The maximum atomic E-state index is 9.35. The monoisotopic (exact) mass is 180 g/mol. The van der Waals surface area contributed by atoms with Gasteiger partial charge in [0, 0.05) is 6.20 Å². The van der Waals surface area contributed by atoms with E-state index in [1.807, 2.05) is 23.9 Å². The fraction of sp³-hybridized carbons (Fsp3) is 0.700. The number of rotatable bonds is 1. The number of aliphatic hydroxyl groups excluding tert-OH is 1. The summed E-state index contributed by atoms with van der Waals surface area (Å²) >= 11 is 0. The Morgan fingerprint density at radius 2 is 2.08 bits per heavy atom. The average Bonchev–Trinajstić information content (AvgIpc) is 2.53. The molecule has 0 saturated heterocycles. The Morgan fingerprint density at radius 3 is 2.62 bits per heavy atom. The average molecular weight is 180 g/mol. The highest BCUT2D eigenvalue weighted by Crippen LogP contribution is 2.27. The first-order chi connectivity index (χ1) is 6.25. The molecule has 1 aliphatic rings. The Labute approximate surface area is 78.4 Å². The van der Waals surface area contributed by atoms with Crippen molar-refractivity contribution in [3.05, 3.63) is 18.0 Å². The summed E-state index contributed by atoms with van der Waals surface area (Å²) in [6.07, 6.45) is 5.92. The minimum atomic E-state index is -0.0760. The Bertz CT molecular complexity index is 274. The maximum Gasteiger partial charge on any atom is 0.0593 e. The quantitative estimate of drug-likeness (QED) is 0.713. The third-order valence-corrected chi connectivity index (χ3v) is 2.78. The molecule has 0 amide bonds. The number of hydrogen-bond acceptors (Lipinski definition) is 2. The molecular weight excluding hydrogens is 164 g/mol. The van der Waals surface area contributed by atoms with Crippen molar-refractivity contribution in [1.29, 1.82) is 0 Å². The van der Waals surface area contributed by atoms with Crippen LogP contribution in [0.25, 0.3) is 0 Å². The molecule has 3 heteroatoms. The molecule has 3 nitrogen and oxygen atoms in total. The van der Waals surface area contributed by atoms with Gasteiger partial charge in [0.15, 0.2) is 0 Å². The number of aliphatic hydroxyl groups is 1. The van der Waals surface area contributed by atoms with Crippen LogP contribution in [-0.2, 0) is 0 Å². The van der Waals surface area contributed by atoms with Gasteiger partial charge in [-0.2, -0.15) is 5.10 Å². The molecular formula is C10H16N2O. The number of nitrogens with zero attached hydrogens (tertiary/aromatic N) is 2. The minimum absolute atomic E-state index is 0.0760. The van der Waals surface area contributed by atoms with Crippen LogP contribution in [0.2, 0.25) is 0 Å². The van der Waals surface area contributed by atoms with E-state index in [1.54, 1.807) is 0 Å². The summed E-state index contributed by atoms with van der Waals surface area (Å²) in [4.78, 5) is 0. The van der Waals surface area contributed by atoms with E-state index < -0.39 is 0 Å². The van der Waals surface area contributed by atoms with Crippen LogP contribution < -0.4 is 0 Å². The highest BCUT2D eigenvalue weighted by atomic mass is 16.3. The Morgan fingerprint density at radius 1 is 1.38 bits per heavy atom. The molecule has 1 aliphatic carbocycles. The molecule has 0 spiro atoms. The molecule has 72 valence electrons. The topological polar surface area (TPSA) is 38.0 Å². The van der Waals surface area contributed by atoms with Crippen molar-refractivity contribution in [3.63, 3.8) is 0 Å². The van der Waals surface area contributed by atoms with E-state index >= 15 is 0 Å². The molecule has 0 bridgehead atoms. The van der Waals surface area contributed by atoms with Crippen LogP contribution in [0.3, 0.4) is 0 Å². The molecule has 1 aromatic heterocycles. The maximum absolute atomic E-state index is 9.35. The van der Waals surface area contributed by atoms with Gasteiger partial charge in [-0.15, -0.1) is 0 Å². The Hall–Kier alpha value is -0.830. The molecule has 0 aromatic carbocycles. The standard InChI is InChI=1S/C10H16N2O/c1-8-6-7-12(11-8)9-2-4-10(13)5-3-9/h6-7,9-10,13H,2-5H2,1H3. The summed E-state index contributed by atoms with van der Waals surface area (Å²) in [5, 5.41) is 13.7. The van der Waals surface area contributed by atoms with Crippen LogP contribution in [-0.4, -0.2) is 21.0 Å². The van der Waals surface area contributed by atoms with Gasteiger partial charge in [0.1, 0.15) is 0 Å². The fourth-order valence-electron chi connectivity index (χ4n) is 1.96. The van der Waals surface area contributed by atoms with Crippen molar-refractivity contribution in [1.82, 2.24) is 9.78 Å². The van der Waals surface area contributed by atoms with Crippen molar-refractivity contribution in [2.75, 3.05) is 0 Å². The smallest absolute Gasteiger partial charge is 0.0593 e. The van der Waals surface area contributed by atoms with Crippen LogP contribution in [0.1, 0.15) is 37.4 Å². The summed E-state index contributed by atoms with van der Waals surface area (Å²) in [7, 11) is 0. The molecule has 1 heterocycles. The zero-order chi connectivity index (χ0) is 9.26. The summed E-state index contributed by atoms with van der Waals surface area (Å²) in [5.41, 5.74) is 1.08. The van der Waals surface area contributed by atoms with E-state index in [1.165, 1.54) is 0 Å². The fourth-order valence-corrected chi connectivity index (χ4v) is 1.96. The van der Waals surface area contributed by atoms with Crippen LogP contribution in [0.4, 0.5) is 0 Å². The van der Waals surface area contributed by atoms with E-state index in [4.69, 9.17) is 0 Å². The molecule has 13 heavy (non-hydrogen) atoms. The number of aryl methyl sites for hydroxylation is 1. The molecule has 1 aromatic rings. The predicted octanol–water partition coefficient (Wildman–Crippen LogP) is 1.67. The van der Waals surface area contributed by atoms with Crippen molar-refractivity contribution in [3.8, 4) is 0 Å². The summed E-state index contributed by atoms with van der Waals surface area (Å²) in [6.45, 7) is 2.01. The van der Waals surface area contributed by atoms with Crippen molar-refractivity contribution < 1.29 is 5.11 Å². The zero-order valence-electron chi connectivity index (χ0n) is 7.98. The zero-order valence-corrected chi connectivity index (χ0v) is 7.98. The van der Waals surface area contributed by atoms with Crippen molar-refractivity contribution >= 4 is 0 Å². The molecule has 1 saturated carbocycles. The molecule has 1 fully saturated rings. The SMILES string of the molecule is Cc1ccn(C2CCC(O)CC2)n1. The van der Waals surface area contributed by atoms with Gasteiger partial charge in [0.25, 0.3) is 0 Å². The lowest BCUT2D eigenvalue weighted by Gasteiger charge is -2.25. The van der Waals surface area contributed by atoms with E-state index in [0.29, 0.717) is 6.04 Å². The van der Waals surface area contributed by atoms with E-state index in [2.05, 4.69) is 5.10 Å². The van der Waals surface area contributed by atoms with Gasteiger partial charge in [-0.05, 0) is 38.7 Å². The predicted molar refractivity (Wildman–Crippen MR) is 50.5 cm³/mol. The van der Waals surface area contributed by atoms with Gasteiger partial charge in [-0.25, -0.2) is 0 Å². The lowest BCUT2D eigenvalue weighted by atomic mass is 9.93. The van der Waals surface area contributed by atoms with Gasteiger partial charge >= 0.3 is 0 Å². The lowest BCUT2D eigenvalue weighted by molar-refractivity contribution is 0.108. The molecule has 2 rings (SSSR count). The number of hydrogen-bond donors (Lipinski definition) is 1. The van der Waals surface area contributed by atoms with E-state index in [9.17, 15) is 5.11 Å². The molecule has 0 atom stereocenters. The van der Waals surface area contributed by atoms with Gasteiger partial charge < -0.3 is 5.11 Å². The number of aromatic nitrogens is 2. The van der Waals surface area contributed by atoms with Gasteiger partial charge in [0.05, 0.1) is 17.8 Å². The first kappa shape index (κ1) is 8.75. The van der Waals surface area contributed by atoms with Crippen molar-refractivity contribution in [2.24, 2.45) is 0 Å². The minimum Gasteiger partial charge on any atom is -0.393 e. The molecule has 0 radical (unpaired) electrons. The lowest BCUT2D eigenvalue weighted by Crippen LogP contribution is -2.21. The summed E-state index contributed by atoms with van der Waals surface area (Å²) in [6, 6.07) is 2.54. The van der Waals surface area contributed by atoms with E-state index in [0.717, 1.165) is 31.4 Å². The first-order valence-corrected chi connectivity index (χ1v) is 4.95. The third kappa shape index (κ3) is 1.91. The second-order valence-corrected chi connectivity index (χ2v) is 3.90. The third-order valence-electron chi connectivity index (χ3n) is 2.78. The first-order valence-electron chi connectivity index (χ1n) is 4.95. The highest BCUT2D eigenvalue weighted by Gasteiger charge is 2.20. The highest BCUT2D eigenvalue weighted by molar-refractivity contribution is 4.96. The second kappa shape index (κ2) is 3.50. The van der Waals surface area contributed by atoms with Crippen LogP contribution in [0, 0.1) is 6.92 Å². The molecule has 1 N–H and O–H groups in total. The van der Waals surface area contributed by atoms with Crippen LogP contribution in [0.5, 0.6) is 0 Å². The van der Waals surface area contributed by atoms with Gasteiger partial charge in [0.2, 0.25) is 0 Å². The summed E-state index contributed by atoms with van der Waals surface area (Å²) in [5.74, 6) is 0. The van der Waals surface area contributed by atoms with Crippen LogP contribution >= 0.6 is 0 Å². The van der Waals surface area contributed by atoms with Gasteiger partial charge in [-0.1, -0.05) is 0 Å². The summed E-state index contributed by atoms with van der Waals surface area (Å²) < 4.78 is 2.04. The Balaban J connectivity index is 2.02. The molecule has 0 unspecified atom stereocenters. The molecule has 0 aliphatic heterocycles. The van der Waals surface area contributed by atoms with E-state index in [-0.39, 0.29) is 6.10 Å². The Kier molecular flexibility index (Phi) is 2.36. The normalized spacial score (nSPS) is 29.1. The second-order valence-electron chi connectivity index (χ2n) is 3.90. The largest absolute Gasteiger partial charge is 0.393 e. The van der Waals surface area contributed by atoms with Crippen molar-refractivity contribution in [2.45, 2.75) is 44.8 Å².